The lowest BCUT2D eigenvalue weighted by Crippen LogP contribution is -2.43. The van der Waals surface area contributed by atoms with Crippen LogP contribution < -0.4 is 10.6 Å². The van der Waals surface area contributed by atoms with Gasteiger partial charge in [-0.25, -0.2) is 0 Å². The predicted molar refractivity (Wildman–Crippen MR) is 76.1 cm³/mol. The van der Waals surface area contributed by atoms with Crippen molar-refractivity contribution in [1.29, 1.82) is 0 Å². The number of aromatic nitrogens is 1. The number of amides is 1. The first-order valence-electron chi connectivity index (χ1n) is 6.59. The lowest BCUT2D eigenvalue weighted by molar-refractivity contribution is -0.117. The van der Waals surface area contributed by atoms with Crippen LogP contribution in [0.3, 0.4) is 0 Å². The summed E-state index contributed by atoms with van der Waals surface area (Å²) < 4.78 is 0. The molecule has 1 saturated heterocycles. The zero-order valence-corrected chi connectivity index (χ0v) is 10.9. The molecule has 3 rings (SSSR count). The van der Waals surface area contributed by atoms with E-state index in [2.05, 4.69) is 15.6 Å². The number of nitrogens with zero attached hydrogens (tertiary/aromatic N) is 1. The Labute approximate surface area is 112 Å². The van der Waals surface area contributed by atoms with Gasteiger partial charge in [-0.1, -0.05) is 18.2 Å². The number of fused-ring (bicyclic) bond motifs is 1. The molecule has 4 heteroatoms. The molecule has 0 aliphatic carbocycles. The van der Waals surface area contributed by atoms with Gasteiger partial charge in [-0.2, -0.15) is 0 Å². The van der Waals surface area contributed by atoms with Gasteiger partial charge in [-0.3, -0.25) is 9.78 Å². The van der Waals surface area contributed by atoms with Crippen molar-refractivity contribution in [3.8, 4) is 0 Å². The van der Waals surface area contributed by atoms with E-state index in [1.54, 1.807) is 0 Å². The van der Waals surface area contributed by atoms with Gasteiger partial charge in [0.15, 0.2) is 0 Å². The number of anilines is 1. The van der Waals surface area contributed by atoms with E-state index in [1.807, 2.05) is 37.3 Å². The van der Waals surface area contributed by atoms with Gasteiger partial charge in [-0.15, -0.1) is 0 Å². The fraction of sp³-hybridized carbons (Fsp3) is 0.333. The zero-order chi connectivity index (χ0) is 13.2. The van der Waals surface area contributed by atoms with Gasteiger partial charge in [0.25, 0.3) is 0 Å². The van der Waals surface area contributed by atoms with Crippen LogP contribution in [0.4, 0.5) is 5.69 Å². The predicted octanol–water partition coefficient (Wildman–Crippen LogP) is 2.09. The van der Waals surface area contributed by atoms with Crippen molar-refractivity contribution in [3.05, 3.63) is 36.0 Å². The first-order chi connectivity index (χ1) is 9.22. The fourth-order valence-electron chi connectivity index (χ4n) is 2.37. The summed E-state index contributed by atoms with van der Waals surface area (Å²) in [7, 11) is 0. The van der Waals surface area contributed by atoms with Crippen molar-refractivity contribution in [2.75, 3.05) is 18.4 Å². The molecule has 2 heterocycles. The van der Waals surface area contributed by atoms with Gasteiger partial charge in [0.1, 0.15) is 0 Å². The minimum absolute atomic E-state index is 0.0854. The molecule has 1 aromatic carbocycles. The Balaban J connectivity index is 1.84. The van der Waals surface area contributed by atoms with Crippen LogP contribution in [0.2, 0.25) is 0 Å². The largest absolute Gasteiger partial charge is 0.325 e. The highest BCUT2D eigenvalue weighted by molar-refractivity contribution is 6.01. The summed E-state index contributed by atoms with van der Waals surface area (Å²) in [5.41, 5.74) is 2.70. The van der Waals surface area contributed by atoms with E-state index in [9.17, 15) is 4.79 Å². The summed E-state index contributed by atoms with van der Waals surface area (Å²) in [6.45, 7) is 3.84. The summed E-state index contributed by atoms with van der Waals surface area (Å²) in [6.07, 6.45) is 0.586. The van der Waals surface area contributed by atoms with E-state index in [4.69, 9.17) is 0 Å². The number of aryl methyl sites for hydroxylation is 1. The van der Waals surface area contributed by atoms with Crippen LogP contribution in [-0.2, 0) is 4.79 Å². The van der Waals surface area contributed by atoms with Crippen LogP contribution in [0, 0.1) is 12.8 Å². The van der Waals surface area contributed by atoms with Crippen molar-refractivity contribution in [2.45, 2.75) is 13.3 Å². The van der Waals surface area contributed by atoms with E-state index < -0.39 is 0 Å². The molecule has 1 aromatic heterocycles. The molecule has 0 saturated carbocycles. The number of hydrogen-bond acceptors (Lipinski definition) is 3. The lowest BCUT2D eigenvalue weighted by Gasteiger charge is -2.26. The third-order valence-corrected chi connectivity index (χ3v) is 3.46. The molecule has 98 valence electrons. The molecule has 0 spiro atoms. The van der Waals surface area contributed by atoms with Crippen molar-refractivity contribution < 1.29 is 4.79 Å². The molecule has 0 atom stereocenters. The molecule has 19 heavy (non-hydrogen) atoms. The first-order valence-corrected chi connectivity index (χ1v) is 6.59. The maximum Gasteiger partial charge on any atom is 0.224 e. The van der Waals surface area contributed by atoms with Crippen LogP contribution in [0.15, 0.2) is 30.3 Å². The average molecular weight is 255 g/mol. The molecule has 0 unspecified atom stereocenters. The highest BCUT2D eigenvalue weighted by Crippen LogP contribution is 2.23. The van der Waals surface area contributed by atoms with Gasteiger partial charge >= 0.3 is 0 Å². The Morgan fingerprint density at radius 3 is 2.95 bits per heavy atom. The van der Waals surface area contributed by atoms with E-state index in [-0.39, 0.29) is 5.91 Å². The van der Waals surface area contributed by atoms with E-state index in [0.717, 1.165) is 35.4 Å². The van der Waals surface area contributed by atoms with Gasteiger partial charge < -0.3 is 10.6 Å². The van der Waals surface area contributed by atoms with Crippen molar-refractivity contribution >= 4 is 22.5 Å². The van der Waals surface area contributed by atoms with Crippen LogP contribution in [0.25, 0.3) is 10.9 Å². The standard InChI is InChI=1S/C15H17N3O/c1-10-6-14(12-4-2-3-5-13(12)17-10)18-15(19)7-11-8-16-9-11/h2-6,11,16H,7-9H2,1H3,(H,17,18,19). The molecule has 1 aliphatic heterocycles. The topological polar surface area (TPSA) is 54.0 Å². The summed E-state index contributed by atoms with van der Waals surface area (Å²) in [5.74, 6) is 0.566. The Morgan fingerprint density at radius 2 is 2.21 bits per heavy atom. The molecule has 0 bridgehead atoms. The first kappa shape index (κ1) is 12.1. The van der Waals surface area contributed by atoms with Gasteiger partial charge in [0, 0.05) is 17.5 Å². The molecule has 1 fully saturated rings. The second-order valence-corrected chi connectivity index (χ2v) is 5.10. The number of nitrogens with one attached hydrogen (secondary N) is 2. The maximum absolute atomic E-state index is 12.0. The van der Waals surface area contributed by atoms with E-state index >= 15 is 0 Å². The molecule has 2 N–H and O–H groups in total. The Kier molecular flexibility index (Phi) is 3.17. The third-order valence-electron chi connectivity index (χ3n) is 3.46. The number of carbonyl (C=O) groups excluding carboxylic acids is 1. The maximum atomic E-state index is 12.0. The Morgan fingerprint density at radius 1 is 1.42 bits per heavy atom. The number of pyridine rings is 1. The van der Waals surface area contributed by atoms with E-state index in [1.165, 1.54) is 0 Å². The number of para-hydroxylation sites is 1. The third kappa shape index (κ3) is 2.58. The normalized spacial score (nSPS) is 15.2. The van der Waals surface area contributed by atoms with Crippen LogP contribution in [-0.4, -0.2) is 24.0 Å². The van der Waals surface area contributed by atoms with Crippen molar-refractivity contribution in [3.63, 3.8) is 0 Å². The second-order valence-electron chi connectivity index (χ2n) is 5.10. The van der Waals surface area contributed by atoms with Crippen molar-refractivity contribution in [1.82, 2.24) is 10.3 Å². The molecule has 0 radical (unpaired) electrons. The zero-order valence-electron chi connectivity index (χ0n) is 10.9. The molecule has 4 nitrogen and oxygen atoms in total. The number of carbonyl (C=O) groups is 1. The molecule has 2 aromatic rings. The average Bonchev–Trinajstić information content (AvgIpc) is 2.34. The fourth-order valence-corrected chi connectivity index (χ4v) is 2.37. The quantitative estimate of drug-likeness (QED) is 0.883. The minimum Gasteiger partial charge on any atom is -0.325 e. The second kappa shape index (κ2) is 4.97. The van der Waals surface area contributed by atoms with Crippen LogP contribution >= 0.6 is 0 Å². The van der Waals surface area contributed by atoms with Gasteiger partial charge in [-0.05, 0) is 38.1 Å². The molecule has 1 aliphatic rings. The number of rotatable bonds is 3. The molecular formula is C15H17N3O. The highest BCUT2D eigenvalue weighted by atomic mass is 16.1. The SMILES string of the molecule is Cc1cc(NC(=O)CC2CNC2)c2ccccc2n1. The smallest absolute Gasteiger partial charge is 0.224 e. The van der Waals surface area contributed by atoms with Crippen LogP contribution in [0.5, 0.6) is 0 Å². The van der Waals surface area contributed by atoms with Gasteiger partial charge in [0.05, 0.1) is 11.2 Å². The lowest BCUT2D eigenvalue weighted by atomic mass is 9.99. The minimum atomic E-state index is 0.0854. The van der Waals surface area contributed by atoms with Crippen molar-refractivity contribution in [2.24, 2.45) is 5.92 Å². The summed E-state index contributed by atoms with van der Waals surface area (Å²) in [4.78, 5) is 16.5. The summed E-state index contributed by atoms with van der Waals surface area (Å²) in [6, 6.07) is 9.81. The Hall–Kier alpha value is -1.94. The molecular weight excluding hydrogens is 238 g/mol. The van der Waals surface area contributed by atoms with Crippen LogP contribution in [0.1, 0.15) is 12.1 Å². The van der Waals surface area contributed by atoms with E-state index in [0.29, 0.717) is 12.3 Å². The molecule has 1 amide bonds. The number of hydrogen-bond donors (Lipinski definition) is 2. The van der Waals surface area contributed by atoms with Gasteiger partial charge in [0.2, 0.25) is 5.91 Å². The number of benzene rings is 1. The Bertz CT molecular complexity index is 620. The monoisotopic (exact) mass is 255 g/mol. The summed E-state index contributed by atoms with van der Waals surface area (Å²) in [5, 5.41) is 7.19. The summed E-state index contributed by atoms with van der Waals surface area (Å²) >= 11 is 0. The highest BCUT2D eigenvalue weighted by Gasteiger charge is 2.20.